The molecule has 0 aromatic rings. The van der Waals surface area contributed by atoms with Gasteiger partial charge in [0, 0.05) is 0 Å². The molecule has 100 valence electrons. The molecule has 1 heterocycles. The van der Waals surface area contributed by atoms with Gasteiger partial charge in [0.2, 0.25) is 5.91 Å². The van der Waals surface area contributed by atoms with Crippen LogP contribution in [0.3, 0.4) is 0 Å². The van der Waals surface area contributed by atoms with Crippen LogP contribution in [0.2, 0.25) is 0 Å². The molecule has 0 aromatic heterocycles. The van der Waals surface area contributed by atoms with Gasteiger partial charge in [-0.3, -0.25) is 9.79 Å². The topological polar surface area (TPSA) is 61.7 Å². The zero-order valence-corrected chi connectivity index (χ0v) is 11.7. The molecule has 0 spiro atoms. The van der Waals surface area contributed by atoms with Gasteiger partial charge in [-0.05, 0) is 44.9 Å². The Hall–Kier alpha value is -0.550. The van der Waals surface area contributed by atoms with Gasteiger partial charge in [-0.25, -0.2) is 0 Å². The lowest BCUT2D eigenvalue weighted by molar-refractivity contribution is -0.123. The predicted octanol–water partition coefficient (Wildman–Crippen LogP) is 1.53. The number of nitrogens with one attached hydrogen (secondary N) is 1. The van der Waals surface area contributed by atoms with E-state index >= 15 is 0 Å². The number of aliphatic imine (C=N–C) groups is 1. The molecule has 1 aliphatic heterocycles. The van der Waals surface area contributed by atoms with Crippen molar-refractivity contribution in [3.05, 3.63) is 0 Å². The maximum atomic E-state index is 11.9. The lowest BCUT2D eigenvalue weighted by Crippen LogP contribution is -2.42. The molecule has 3 rings (SSSR count). The molecule has 2 bridgehead atoms. The van der Waals surface area contributed by atoms with E-state index in [0.717, 1.165) is 11.8 Å². The van der Waals surface area contributed by atoms with Crippen LogP contribution >= 0.6 is 11.8 Å². The molecule has 18 heavy (non-hydrogen) atoms. The van der Waals surface area contributed by atoms with Crippen molar-refractivity contribution >= 4 is 22.8 Å². The second-order valence-electron chi connectivity index (χ2n) is 6.02. The summed E-state index contributed by atoms with van der Waals surface area (Å²) in [5, 5.41) is 13.3. The molecule has 4 nitrogen and oxygen atoms in total. The van der Waals surface area contributed by atoms with Crippen molar-refractivity contribution in [2.24, 2.45) is 16.8 Å². The summed E-state index contributed by atoms with van der Waals surface area (Å²) in [6.45, 7) is 3.44. The van der Waals surface area contributed by atoms with Crippen LogP contribution in [-0.2, 0) is 4.79 Å². The van der Waals surface area contributed by atoms with Crippen molar-refractivity contribution in [3.8, 4) is 0 Å². The highest BCUT2D eigenvalue weighted by Gasteiger charge is 2.47. The van der Waals surface area contributed by atoms with Crippen LogP contribution in [-0.4, -0.2) is 33.1 Å². The number of rotatable bonds is 2. The number of amidine groups is 1. The van der Waals surface area contributed by atoms with Gasteiger partial charge in [-0.15, -0.1) is 0 Å². The molecule has 2 saturated carbocycles. The van der Waals surface area contributed by atoms with E-state index in [9.17, 15) is 9.90 Å². The Morgan fingerprint density at radius 3 is 2.78 bits per heavy atom. The van der Waals surface area contributed by atoms with Crippen LogP contribution in [0, 0.1) is 11.8 Å². The average Bonchev–Trinajstić information content (AvgIpc) is 2.95. The summed E-state index contributed by atoms with van der Waals surface area (Å²) in [5.74, 6) is 1.46. The van der Waals surface area contributed by atoms with Crippen molar-refractivity contribution in [1.29, 1.82) is 0 Å². The molecule has 2 aliphatic carbocycles. The molecular weight excluding hydrogens is 248 g/mol. The van der Waals surface area contributed by atoms with Gasteiger partial charge in [0.25, 0.3) is 0 Å². The number of amides is 1. The molecule has 0 aromatic carbocycles. The van der Waals surface area contributed by atoms with E-state index in [2.05, 4.69) is 5.32 Å². The second kappa shape index (κ2) is 4.23. The summed E-state index contributed by atoms with van der Waals surface area (Å²) < 4.78 is -0.781. The van der Waals surface area contributed by atoms with Gasteiger partial charge in [0.05, 0.1) is 12.1 Å². The van der Waals surface area contributed by atoms with E-state index in [4.69, 9.17) is 4.99 Å². The highest BCUT2D eigenvalue weighted by atomic mass is 32.2. The van der Waals surface area contributed by atoms with Crippen LogP contribution in [0.4, 0.5) is 0 Å². The van der Waals surface area contributed by atoms with Gasteiger partial charge in [-0.1, -0.05) is 18.2 Å². The summed E-state index contributed by atoms with van der Waals surface area (Å²) in [5.41, 5.74) is 0. The minimum Gasteiger partial charge on any atom is -0.391 e. The number of carbonyl (C=O) groups excluding carboxylic acids is 1. The number of hydrogen-bond acceptors (Lipinski definition) is 4. The molecule has 1 amide bonds. The second-order valence-corrected chi connectivity index (χ2v) is 7.45. The standard InChI is InChI=1S/C13H20N2O2S/c1-7(16)13(2)11(17)15-12(18-13)14-10-6-8-3-4-9(10)5-8/h7-10,16H,3-6H2,1-2H3,(H,14,15,17)/t7?,8?,9?,10-,13?/m0/s1. The molecule has 0 radical (unpaired) electrons. The van der Waals surface area contributed by atoms with Crippen molar-refractivity contribution in [2.45, 2.75) is 56.4 Å². The van der Waals surface area contributed by atoms with Crippen LogP contribution in [0.15, 0.2) is 4.99 Å². The Bertz CT molecular complexity index is 410. The highest BCUT2D eigenvalue weighted by molar-refractivity contribution is 8.16. The van der Waals surface area contributed by atoms with E-state index in [-0.39, 0.29) is 5.91 Å². The Kier molecular flexibility index (Phi) is 2.94. The summed E-state index contributed by atoms with van der Waals surface area (Å²) >= 11 is 1.38. The number of aliphatic hydroxyl groups excluding tert-OH is 1. The molecule has 4 unspecified atom stereocenters. The van der Waals surface area contributed by atoms with E-state index in [1.807, 2.05) is 0 Å². The van der Waals surface area contributed by atoms with Gasteiger partial charge in [0.1, 0.15) is 4.75 Å². The van der Waals surface area contributed by atoms with Crippen molar-refractivity contribution in [3.63, 3.8) is 0 Å². The maximum Gasteiger partial charge on any atom is 0.245 e. The summed E-state index contributed by atoms with van der Waals surface area (Å²) in [4.78, 5) is 16.6. The van der Waals surface area contributed by atoms with Crippen molar-refractivity contribution in [2.75, 3.05) is 0 Å². The van der Waals surface area contributed by atoms with Gasteiger partial charge >= 0.3 is 0 Å². The molecule has 3 fully saturated rings. The number of nitrogens with zero attached hydrogens (tertiary/aromatic N) is 1. The first-order valence-corrected chi connectivity index (χ1v) is 7.57. The Morgan fingerprint density at radius 1 is 1.50 bits per heavy atom. The van der Waals surface area contributed by atoms with Gasteiger partial charge < -0.3 is 10.4 Å². The first kappa shape index (κ1) is 12.5. The molecule has 5 heteroatoms. The number of hydrogen-bond donors (Lipinski definition) is 2. The third-order valence-corrected chi connectivity index (χ3v) is 6.11. The lowest BCUT2D eigenvalue weighted by atomic mass is 9.96. The van der Waals surface area contributed by atoms with E-state index in [0.29, 0.717) is 11.2 Å². The van der Waals surface area contributed by atoms with Crippen LogP contribution in [0.5, 0.6) is 0 Å². The zero-order valence-electron chi connectivity index (χ0n) is 10.8. The zero-order chi connectivity index (χ0) is 12.9. The number of carbonyl (C=O) groups is 1. The maximum absolute atomic E-state index is 11.9. The fourth-order valence-electron chi connectivity index (χ4n) is 3.35. The monoisotopic (exact) mass is 268 g/mol. The third-order valence-electron chi connectivity index (χ3n) is 4.76. The predicted molar refractivity (Wildman–Crippen MR) is 72.5 cm³/mol. The number of aliphatic hydroxyl groups is 1. The molecule has 3 aliphatic rings. The summed E-state index contributed by atoms with van der Waals surface area (Å²) in [6.07, 6.45) is 4.47. The number of thioether (sulfide) groups is 1. The third kappa shape index (κ3) is 1.88. The largest absolute Gasteiger partial charge is 0.391 e. The molecule has 1 saturated heterocycles. The first-order valence-electron chi connectivity index (χ1n) is 6.75. The van der Waals surface area contributed by atoms with Crippen molar-refractivity contribution in [1.82, 2.24) is 5.32 Å². The van der Waals surface area contributed by atoms with Crippen LogP contribution in [0.25, 0.3) is 0 Å². The molecule has 5 atom stereocenters. The average molecular weight is 268 g/mol. The molecular formula is C13H20N2O2S. The van der Waals surface area contributed by atoms with Crippen LogP contribution < -0.4 is 5.32 Å². The minimum atomic E-state index is -0.781. The number of fused-ring (bicyclic) bond motifs is 2. The highest BCUT2D eigenvalue weighted by Crippen LogP contribution is 2.46. The first-order chi connectivity index (χ1) is 8.49. The fourth-order valence-corrected chi connectivity index (χ4v) is 4.40. The normalized spacial score (nSPS) is 46.7. The molecule has 2 N–H and O–H groups in total. The quantitative estimate of drug-likeness (QED) is 0.798. The Labute approximate surface area is 112 Å². The SMILES string of the molecule is CC(O)C1(C)SC(=N[C@H]2CC3CCC2C3)NC1=O. The smallest absolute Gasteiger partial charge is 0.245 e. The van der Waals surface area contributed by atoms with Crippen molar-refractivity contribution < 1.29 is 9.90 Å². The summed E-state index contributed by atoms with van der Waals surface area (Å²) in [7, 11) is 0. The van der Waals surface area contributed by atoms with Gasteiger partial charge in [-0.2, -0.15) is 0 Å². The Balaban J connectivity index is 1.74. The van der Waals surface area contributed by atoms with E-state index in [1.165, 1.54) is 37.4 Å². The lowest BCUT2D eigenvalue weighted by Gasteiger charge is -2.22. The fraction of sp³-hybridized carbons (Fsp3) is 0.846. The van der Waals surface area contributed by atoms with E-state index in [1.54, 1.807) is 13.8 Å². The minimum absolute atomic E-state index is 0.121. The van der Waals surface area contributed by atoms with Crippen LogP contribution in [0.1, 0.15) is 39.5 Å². The van der Waals surface area contributed by atoms with E-state index < -0.39 is 10.9 Å². The van der Waals surface area contributed by atoms with Gasteiger partial charge in [0.15, 0.2) is 5.17 Å². The Morgan fingerprint density at radius 2 is 2.28 bits per heavy atom. The summed E-state index contributed by atoms with van der Waals surface area (Å²) in [6, 6.07) is 0.392.